The molecule has 0 fully saturated rings. The van der Waals surface area contributed by atoms with Crippen LogP contribution >= 0.6 is 0 Å². The van der Waals surface area contributed by atoms with Crippen molar-refractivity contribution < 1.29 is 4.74 Å². The highest BCUT2D eigenvalue weighted by atomic mass is 16.5. The first kappa shape index (κ1) is 16.2. The molecule has 0 radical (unpaired) electrons. The van der Waals surface area contributed by atoms with E-state index in [2.05, 4.69) is 44.4 Å². The Kier molecular flexibility index (Phi) is 7.06. The number of rotatable bonds is 8. The molecule has 2 unspecified atom stereocenters. The topological polar surface area (TPSA) is 47.3 Å². The van der Waals surface area contributed by atoms with Crippen molar-refractivity contribution in [3.8, 4) is 0 Å². The summed E-state index contributed by atoms with van der Waals surface area (Å²) < 4.78 is 5.83. The molecule has 0 spiro atoms. The minimum absolute atomic E-state index is 0.168. The lowest BCUT2D eigenvalue weighted by Gasteiger charge is -2.26. The first-order chi connectivity index (χ1) is 9.10. The maximum atomic E-state index is 5.83. The van der Waals surface area contributed by atoms with Gasteiger partial charge < -0.3 is 4.74 Å². The third kappa shape index (κ3) is 5.31. The van der Waals surface area contributed by atoms with E-state index in [0.29, 0.717) is 0 Å². The Morgan fingerprint density at radius 2 is 1.79 bits per heavy atom. The molecule has 2 atom stereocenters. The number of hydrazine groups is 1. The average molecular weight is 264 g/mol. The number of aryl methyl sites for hydroxylation is 2. The van der Waals surface area contributed by atoms with E-state index < -0.39 is 0 Å². The van der Waals surface area contributed by atoms with Crippen molar-refractivity contribution in [2.75, 3.05) is 6.61 Å². The molecule has 0 saturated heterocycles. The molecule has 0 aliphatic carbocycles. The van der Waals surface area contributed by atoms with Gasteiger partial charge in [-0.3, -0.25) is 11.3 Å². The highest BCUT2D eigenvalue weighted by molar-refractivity contribution is 5.29. The summed E-state index contributed by atoms with van der Waals surface area (Å²) in [5, 5.41) is 0. The van der Waals surface area contributed by atoms with Crippen LogP contribution in [0.1, 0.15) is 43.4 Å². The Morgan fingerprint density at radius 3 is 2.26 bits per heavy atom. The van der Waals surface area contributed by atoms with Crippen LogP contribution < -0.4 is 11.3 Å². The largest absolute Gasteiger partial charge is 0.377 e. The van der Waals surface area contributed by atoms with E-state index in [4.69, 9.17) is 10.6 Å². The predicted octanol–water partition coefficient (Wildman–Crippen LogP) is 2.88. The van der Waals surface area contributed by atoms with Crippen LogP contribution in [0.3, 0.4) is 0 Å². The molecule has 0 saturated carbocycles. The van der Waals surface area contributed by atoms with Gasteiger partial charge >= 0.3 is 0 Å². The molecule has 0 bridgehead atoms. The second kappa shape index (κ2) is 8.31. The molecule has 3 N–H and O–H groups in total. The van der Waals surface area contributed by atoms with E-state index in [0.717, 1.165) is 25.9 Å². The summed E-state index contributed by atoms with van der Waals surface area (Å²) in [7, 11) is 0. The molecule has 1 rings (SSSR count). The van der Waals surface area contributed by atoms with E-state index in [1.54, 1.807) is 0 Å². The maximum Gasteiger partial charge on any atom is 0.0744 e. The second-order valence-electron chi connectivity index (χ2n) is 5.26. The standard InChI is InChI=1S/C16H28N2O/c1-5-7-16(19-6-2)15(18-17)11-14-9-12(3)8-13(4)10-14/h8-10,15-16,18H,5-7,11,17H2,1-4H3. The number of ether oxygens (including phenoxy) is 1. The molecular weight excluding hydrogens is 236 g/mol. The van der Waals surface area contributed by atoms with Crippen molar-refractivity contribution in [1.29, 1.82) is 0 Å². The van der Waals surface area contributed by atoms with Crippen LogP contribution in [-0.4, -0.2) is 18.8 Å². The van der Waals surface area contributed by atoms with Gasteiger partial charge in [0.05, 0.1) is 12.1 Å². The first-order valence-corrected chi connectivity index (χ1v) is 7.25. The zero-order chi connectivity index (χ0) is 14.3. The van der Waals surface area contributed by atoms with Gasteiger partial charge in [-0.25, -0.2) is 0 Å². The minimum Gasteiger partial charge on any atom is -0.377 e. The summed E-state index contributed by atoms with van der Waals surface area (Å²) in [6.45, 7) is 9.21. The number of nitrogens with two attached hydrogens (primary N) is 1. The van der Waals surface area contributed by atoms with Gasteiger partial charge in [-0.1, -0.05) is 42.7 Å². The van der Waals surface area contributed by atoms with Crippen LogP contribution in [-0.2, 0) is 11.2 Å². The fourth-order valence-corrected chi connectivity index (χ4v) is 2.64. The zero-order valence-corrected chi connectivity index (χ0v) is 12.7. The zero-order valence-electron chi connectivity index (χ0n) is 12.7. The lowest BCUT2D eigenvalue weighted by Crippen LogP contribution is -2.46. The highest BCUT2D eigenvalue weighted by Gasteiger charge is 2.20. The van der Waals surface area contributed by atoms with Gasteiger partial charge in [-0.15, -0.1) is 0 Å². The number of benzene rings is 1. The Labute approximate surface area is 117 Å². The predicted molar refractivity (Wildman–Crippen MR) is 81.1 cm³/mol. The quantitative estimate of drug-likeness (QED) is 0.560. The molecule has 0 aromatic heterocycles. The summed E-state index contributed by atoms with van der Waals surface area (Å²) in [5.74, 6) is 5.73. The lowest BCUT2D eigenvalue weighted by molar-refractivity contribution is 0.0281. The molecule has 0 aliphatic rings. The summed E-state index contributed by atoms with van der Waals surface area (Å²) >= 11 is 0. The van der Waals surface area contributed by atoms with Crippen LogP contribution in [0.4, 0.5) is 0 Å². The summed E-state index contributed by atoms with van der Waals surface area (Å²) in [6.07, 6.45) is 3.23. The molecule has 19 heavy (non-hydrogen) atoms. The summed E-state index contributed by atoms with van der Waals surface area (Å²) in [5.41, 5.74) is 6.86. The molecule has 1 aromatic rings. The van der Waals surface area contributed by atoms with Crippen molar-refractivity contribution in [2.24, 2.45) is 5.84 Å². The summed E-state index contributed by atoms with van der Waals surface area (Å²) in [4.78, 5) is 0. The van der Waals surface area contributed by atoms with Crippen molar-refractivity contribution in [3.63, 3.8) is 0 Å². The monoisotopic (exact) mass is 264 g/mol. The fourth-order valence-electron chi connectivity index (χ4n) is 2.64. The average Bonchev–Trinajstić information content (AvgIpc) is 2.34. The van der Waals surface area contributed by atoms with Crippen molar-refractivity contribution in [3.05, 3.63) is 34.9 Å². The molecule has 0 amide bonds. The van der Waals surface area contributed by atoms with Crippen LogP contribution in [0.5, 0.6) is 0 Å². The fraction of sp³-hybridized carbons (Fsp3) is 0.625. The van der Waals surface area contributed by atoms with E-state index in [1.165, 1.54) is 16.7 Å². The van der Waals surface area contributed by atoms with E-state index in [1.807, 2.05) is 6.92 Å². The Balaban J connectivity index is 2.78. The molecule has 108 valence electrons. The lowest BCUT2D eigenvalue weighted by atomic mass is 9.96. The van der Waals surface area contributed by atoms with Gasteiger partial charge in [-0.2, -0.15) is 0 Å². The summed E-state index contributed by atoms with van der Waals surface area (Å²) in [6, 6.07) is 6.82. The normalized spacial score (nSPS) is 14.4. The van der Waals surface area contributed by atoms with Gasteiger partial charge in [0, 0.05) is 6.61 Å². The van der Waals surface area contributed by atoms with Crippen molar-refractivity contribution >= 4 is 0 Å². The van der Waals surface area contributed by atoms with Gasteiger partial charge in [0.25, 0.3) is 0 Å². The number of hydrogen-bond donors (Lipinski definition) is 2. The van der Waals surface area contributed by atoms with E-state index in [-0.39, 0.29) is 12.1 Å². The third-order valence-corrected chi connectivity index (χ3v) is 3.35. The number of hydrogen-bond acceptors (Lipinski definition) is 3. The smallest absolute Gasteiger partial charge is 0.0744 e. The molecule has 0 aliphatic heterocycles. The van der Waals surface area contributed by atoms with Gasteiger partial charge in [0.2, 0.25) is 0 Å². The van der Waals surface area contributed by atoms with Gasteiger partial charge in [0.15, 0.2) is 0 Å². The SMILES string of the molecule is CCCC(OCC)C(Cc1cc(C)cc(C)c1)NN. The maximum absolute atomic E-state index is 5.83. The van der Waals surface area contributed by atoms with E-state index >= 15 is 0 Å². The molecular formula is C16H28N2O. The van der Waals surface area contributed by atoms with Crippen LogP contribution in [0.2, 0.25) is 0 Å². The molecule has 1 aromatic carbocycles. The third-order valence-electron chi connectivity index (χ3n) is 3.35. The van der Waals surface area contributed by atoms with Gasteiger partial charge in [0.1, 0.15) is 0 Å². The van der Waals surface area contributed by atoms with Gasteiger partial charge in [-0.05, 0) is 39.2 Å². The minimum atomic E-state index is 0.168. The Morgan fingerprint density at radius 1 is 1.16 bits per heavy atom. The molecule has 3 heteroatoms. The Bertz CT molecular complexity index is 353. The number of nitrogens with one attached hydrogen (secondary N) is 1. The van der Waals surface area contributed by atoms with Crippen molar-refractivity contribution in [2.45, 2.75) is 59.1 Å². The van der Waals surface area contributed by atoms with Crippen LogP contribution in [0.15, 0.2) is 18.2 Å². The molecule has 3 nitrogen and oxygen atoms in total. The van der Waals surface area contributed by atoms with Crippen LogP contribution in [0, 0.1) is 13.8 Å². The van der Waals surface area contributed by atoms with Crippen molar-refractivity contribution in [1.82, 2.24) is 5.43 Å². The second-order valence-corrected chi connectivity index (χ2v) is 5.26. The highest BCUT2D eigenvalue weighted by Crippen LogP contribution is 2.15. The Hall–Kier alpha value is -0.900. The molecule has 0 heterocycles. The van der Waals surface area contributed by atoms with Crippen LogP contribution in [0.25, 0.3) is 0 Å². The van der Waals surface area contributed by atoms with E-state index in [9.17, 15) is 0 Å². The first-order valence-electron chi connectivity index (χ1n) is 7.25.